The molecule has 2 aliphatic rings. The molecule has 1 aliphatic heterocycles. The van der Waals surface area contributed by atoms with E-state index in [2.05, 4.69) is 10.2 Å². The average molecular weight is 322 g/mol. The Labute approximate surface area is 142 Å². The Bertz CT molecular complexity index is 695. The molecule has 2 unspecified atom stereocenters. The van der Waals surface area contributed by atoms with Crippen LogP contribution in [0.25, 0.3) is 0 Å². The van der Waals surface area contributed by atoms with E-state index in [1.165, 1.54) is 25.9 Å². The summed E-state index contributed by atoms with van der Waals surface area (Å²) in [4.78, 5) is 14.6. The first-order chi connectivity index (χ1) is 11.8. The number of rotatable bonds is 7. The summed E-state index contributed by atoms with van der Waals surface area (Å²) in [6.07, 6.45) is 2.81. The van der Waals surface area contributed by atoms with Crippen molar-refractivity contribution in [2.24, 2.45) is 5.92 Å². The van der Waals surface area contributed by atoms with Crippen molar-refractivity contribution in [3.8, 4) is 5.75 Å². The molecular weight excluding hydrogens is 300 g/mol. The summed E-state index contributed by atoms with van der Waals surface area (Å²) in [5.41, 5.74) is 1.43. The smallest absolute Gasteiger partial charge is 0.255 e. The molecule has 0 radical (unpaired) electrons. The van der Waals surface area contributed by atoms with Crippen molar-refractivity contribution < 1.29 is 9.53 Å². The Hall–Kier alpha value is -2.33. The van der Waals surface area contributed by atoms with E-state index >= 15 is 0 Å². The first-order valence-electron chi connectivity index (χ1n) is 8.61. The molecule has 1 heterocycles. The van der Waals surface area contributed by atoms with Crippen LogP contribution in [0.2, 0.25) is 0 Å². The monoisotopic (exact) mass is 322 g/mol. The van der Waals surface area contributed by atoms with E-state index in [-0.39, 0.29) is 5.91 Å². The SMILES string of the molecule is O=C(Nc1ccc(OCC2CN2CC2CC2)cc1)c1ccccc1. The van der Waals surface area contributed by atoms with Crippen molar-refractivity contribution >= 4 is 11.6 Å². The van der Waals surface area contributed by atoms with Crippen LogP contribution in [0.1, 0.15) is 23.2 Å². The Morgan fingerprint density at radius 2 is 1.83 bits per heavy atom. The predicted molar refractivity (Wildman–Crippen MR) is 94.4 cm³/mol. The topological polar surface area (TPSA) is 41.3 Å². The summed E-state index contributed by atoms with van der Waals surface area (Å²) < 4.78 is 5.85. The molecule has 2 fully saturated rings. The zero-order chi connectivity index (χ0) is 16.4. The first kappa shape index (κ1) is 15.2. The first-order valence-corrected chi connectivity index (χ1v) is 8.61. The number of nitrogens with zero attached hydrogens (tertiary/aromatic N) is 1. The lowest BCUT2D eigenvalue weighted by atomic mass is 10.2. The van der Waals surface area contributed by atoms with Gasteiger partial charge in [-0.05, 0) is 55.2 Å². The fourth-order valence-corrected chi connectivity index (χ4v) is 2.86. The molecule has 124 valence electrons. The van der Waals surface area contributed by atoms with Crippen LogP contribution in [0, 0.1) is 5.92 Å². The van der Waals surface area contributed by atoms with Gasteiger partial charge in [0.25, 0.3) is 5.91 Å². The lowest BCUT2D eigenvalue weighted by molar-refractivity contribution is 0.102. The number of hydrogen-bond acceptors (Lipinski definition) is 3. The van der Waals surface area contributed by atoms with E-state index < -0.39 is 0 Å². The van der Waals surface area contributed by atoms with Crippen molar-refractivity contribution in [3.05, 3.63) is 60.2 Å². The largest absolute Gasteiger partial charge is 0.492 e. The molecule has 0 bridgehead atoms. The molecule has 1 saturated heterocycles. The Morgan fingerprint density at radius 1 is 1.08 bits per heavy atom. The van der Waals surface area contributed by atoms with E-state index in [4.69, 9.17) is 4.74 Å². The van der Waals surface area contributed by atoms with Gasteiger partial charge in [0.2, 0.25) is 0 Å². The van der Waals surface area contributed by atoms with Gasteiger partial charge < -0.3 is 10.1 Å². The van der Waals surface area contributed by atoms with E-state index in [1.54, 1.807) is 12.1 Å². The molecule has 1 aliphatic carbocycles. The minimum Gasteiger partial charge on any atom is -0.492 e. The Balaban J connectivity index is 1.25. The number of benzene rings is 2. The Morgan fingerprint density at radius 3 is 2.54 bits per heavy atom. The molecule has 24 heavy (non-hydrogen) atoms. The zero-order valence-electron chi connectivity index (χ0n) is 13.7. The lowest BCUT2D eigenvalue weighted by Crippen LogP contribution is -2.13. The van der Waals surface area contributed by atoms with E-state index in [0.29, 0.717) is 11.6 Å². The third-order valence-electron chi connectivity index (χ3n) is 4.61. The molecule has 1 N–H and O–H groups in total. The number of ether oxygens (including phenoxy) is 1. The quantitative estimate of drug-likeness (QED) is 0.794. The van der Waals surface area contributed by atoms with Crippen molar-refractivity contribution in [1.29, 1.82) is 0 Å². The van der Waals surface area contributed by atoms with Crippen LogP contribution in [-0.4, -0.2) is 36.5 Å². The molecule has 2 aromatic rings. The lowest BCUT2D eigenvalue weighted by Gasteiger charge is -2.09. The highest BCUT2D eigenvalue weighted by atomic mass is 16.5. The summed E-state index contributed by atoms with van der Waals surface area (Å²) in [6, 6.07) is 17.4. The van der Waals surface area contributed by atoms with E-state index in [1.807, 2.05) is 42.5 Å². The number of hydrogen-bond donors (Lipinski definition) is 1. The van der Waals surface area contributed by atoms with Crippen LogP contribution < -0.4 is 10.1 Å². The van der Waals surface area contributed by atoms with E-state index in [0.717, 1.165) is 24.0 Å². The molecule has 2 atom stereocenters. The molecular formula is C20H22N2O2. The number of amides is 1. The van der Waals surface area contributed by atoms with Gasteiger partial charge in [-0.15, -0.1) is 0 Å². The molecule has 4 heteroatoms. The highest BCUT2D eigenvalue weighted by Crippen LogP contribution is 2.33. The second kappa shape index (κ2) is 6.65. The third-order valence-corrected chi connectivity index (χ3v) is 4.61. The number of carbonyl (C=O) groups is 1. The Kier molecular flexibility index (Phi) is 4.22. The molecule has 4 nitrogen and oxygen atoms in total. The standard InChI is InChI=1S/C20H22N2O2/c23-20(16-4-2-1-3-5-16)21-17-8-10-19(11-9-17)24-14-18-13-22(18)12-15-6-7-15/h1-5,8-11,15,18H,6-7,12-14H2,(H,21,23). The maximum absolute atomic E-state index is 12.1. The van der Waals surface area contributed by atoms with Crippen molar-refractivity contribution in [1.82, 2.24) is 4.90 Å². The second-order valence-electron chi connectivity index (χ2n) is 6.71. The summed E-state index contributed by atoms with van der Waals surface area (Å²) in [7, 11) is 0. The summed E-state index contributed by atoms with van der Waals surface area (Å²) in [6.45, 7) is 3.17. The minimum absolute atomic E-state index is 0.0991. The third kappa shape index (κ3) is 3.95. The van der Waals surface area contributed by atoms with Crippen LogP contribution in [0.4, 0.5) is 5.69 Å². The highest BCUT2D eigenvalue weighted by Gasteiger charge is 2.38. The summed E-state index contributed by atoms with van der Waals surface area (Å²) in [5, 5.41) is 2.90. The van der Waals surface area contributed by atoms with E-state index in [9.17, 15) is 4.79 Å². The molecule has 1 amide bonds. The predicted octanol–water partition coefficient (Wildman–Crippen LogP) is 3.41. The van der Waals surface area contributed by atoms with Gasteiger partial charge in [-0.1, -0.05) is 18.2 Å². The zero-order valence-corrected chi connectivity index (χ0v) is 13.7. The number of carbonyl (C=O) groups excluding carboxylic acids is 1. The van der Waals surface area contributed by atoms with Gasteiger partial charge in [-0.3, -0.25) is 9.69 Å². The average Bonchev–Trinajstić information content (AvgIpc) is 3.54. The van der Waals surface area contributed by atoms with Crippen LogP contribution in [0.5, 0.6) is 5.75 Å². The second-order valence-corrected chi connectivity index (χ2v) is 6.71. The van der Waals surface area contributed by atoms with Crippen LogP contribution >= 0.6 is 0 Å². The molecule has 0 spiro atoms. The highest BCUT2D eigenvalue weighted by molar-refractivity contribution is 6.04. The minimum atomic E-state index is -0.0991. The molecule has 2 aromatic carbocycles. The fraction of sp³-hybridized carbons (Fsp3) is 0.350. The fourth-order valence-electron chi connectivity index (χ4n) is 2.86. The van der Waals surface area contributed by atoms with Gasteiger partial charge in [-0.25, -0.2) is 0 Å². The normalized spacial score (nSPS) is 22.0. The summed E-state index contributed by atoms with van der Waals surface area (Å²) >= 11 is 0. The van der Waals surface area contributed by atoms with Gasteiger partial charge in [-0.2, -0.15) is 0 Å². The maximum Gasteiger partial charge on any atom is 0.255 e. The number of anilines is 1. The summed E-state index contributed by atoms with van der Waals surface area (Å²) in [5.74, 6) is 1.70. The maximum atomic E-state index is 12.1. The van der Waals surface area contributed by atoms with Gasteiger partial charge in [0, 0.05) is 24.3 Å². The van der Waals surface area contributed by atoms with Crippen molar-refractivity contribution in [2.45, 2.75) is 18.9 Å². The van der Waals surface area contributed by atoms with Crippen LogP contribution in [0.15, 0.2) is 54.6 Å². The van der Waals surface area contributed by atoms with Crippen LogP contribution in [-0.2, 0) is 0 Å². The molecule has 4 rings (SSSR count). The van der Waals surface area contributed by atoms with Gasteiger partial charge in [0.15, 0.2) is 0 Å². The number of nitrogens with one attached hydrogen (secondary N) is 1. The van der Waals surface area contributed by atoms with Crippen LogP contribution in [0.3, 0.4) is 0 Å². The van der Waals surface area contributed by atoms with Crippen molar-refractivity contribution in [3.63, 3.8) is 0 Å². The molecule has 1 saturated carbocycles. The van der Waals surface area contributed by atoms with Gasteiger partial charge in [0.1, 0.15) is 12.4 Å². The molecule has 0 aromatic heterocycles. The van der Waals surface area contributed by atoms with Gasteiger partial charge >= 0.3 is 0 Å². The van der Waals surface area contributed by atoms with Crippen molar-refractivity contribution in [2.75, 3.05) is 25.0 Å². The van der Waals surface area contributed by atoms with Gasteiger partial charge in [0.05, 0.1) is 6.04 Å².